The number of anilines is 1. The summed E-state index contributed by atoms with van der Waals surface area (Å²) in [6.45, 7) is 6.83. The van der Waals surface area contributed by atoms with Crippen LogP contribution in [0.3, 0.4) is 0 Å². The molecule has 23 heavy (non-hydrogen) atoms. The third-order valence-corrected chi connectivity index (χ3v) is 3.92. The Hall–Kier alpha value is -2.36. The van der Waals surface area contributed by atoms with E-state index in [4.69, 9.17) is 5.73 Å². The number of hydrogen-bond acceptors (Lipinski definition) is 5. The number of carbonyl (C=O) groups excluding carboxylic acids is 1. The second-order valence-electron chi connectivity index (χ2n) is 5.59. The molecular formula is C17H23N5O. The number of nitrogens with one attached hydrogen (secondary N) is 1. The number of rotatable bonds is 5. The predicted molar refractivity (Wildman–Crippen MR) is 90.6 cm³/mol. The molecule has 122 valence electrons. The fourth-order valence-corrected chi connectivity index (χ4v) is 2.52. The van der Waals surface area contributed by atoms with E-state index >= 15 is 0 Å². The van der Waals surface area contributed by atoms with Crippen LogP contribution in [0.5, 0.6) is 0 Å². The molecular weight excluding hydrogens is 290 g/mol. The molecule has 1 fully saturated rings. The van der Waals surface area contributed by atoms with Crippen molar-refractivity contribution in [3.8, 4) is 6.07 Å². The van der Waals surface area contributed by atoms with E-state index in [2.05, 4.69) is 10.2 Å². The number of para-hydroxylation sites is 1. The zero-order chi connectivity index (χ0) is 16.7. The zero-order valence-corrected chi connectivity index (χ0v) is 13.5. The smallest absolute Gasteiger partial charge is 0.267 e. The van der Waals surface area contributed by atoms with Crippen molar-refractivity contribution in [1.29, 1.82) is 5.26 Å². The molecule has 1 heterocycles. The van der Waals surface area contributed by atoms with Crippen molar-refractivity contribution in [3.63, 3.8) is 0 Å². The van der Waals surface area contributed by atoms with Crippen molar-refractivity contribution < 1.29 is 4.79 Å². The van der Waals surface area contributed by atoms with Gasteiger partial charge in [-0.25, -0.2) is 0 Å². The van der Waals surface area contributed by atoms with Gasteiger partial charge in [-0.1, -0.05) is 18.2 Å². The van der Waals surface area contributed by atoms with Crippen LogP contribution in [0.2, 0.25) is 0 Å². The van der Waals surface area contributed by atoms with E-state index < -0.39 is 0 Å². The van der Waals surface area contributed by atoms with Crippen LogP contribution in [-0.2, 0) is 4.79 Å². The molecule has 0 aliphatic carbocycles. The van der Waals surface area contributed by atoms with Gasteiger partial charge in [-0.2, -0.15) is 5.26 Å². The van der Waals surface area contributed by atoms with Gasteiger partial charge in [-0.15, -0.1) is 0 Å². The summed E-state index contributed by atoms with van der Waals surface area (Å²) in [5.74, 6) is -0.369. The van der Waals surface area contributed by atoms with Crippen molar-refractivity contribution >= 4 is 11.6 Å². The lowest BCUT2D eigenvalue weighted by Crippen LogP contribution is -2.45. The Bertz CT molecular complexity index is 612. The first-order chi connectivity index (χ1) is 11.1. The minimum atomic E-state index is -0.369. The van der Waals surface area contributed by atoms with Crippen LogP contribution in [-0.4, -0.2) is 55.0 Å². The molecule has 3 N–H and O–H groups in total. The van der Waals surface area contributed by atoms with Crippen LogP contribution in [0.15, 0.2) is 36.0 Å². The summed E-state index contributed by atoms with van der Waals surface area (Å²) >= 11 is 0. The van der Waals surface area contributed by atoms with Crippen LogP contribution in [0.25, 0.3) is 0 Å². The van der Waals surface area contributed by atoms with E-state index in [1.807, 2.05) is 42.2 Å². The number of carbonyl (C=O) groups is 1. The molecule has 0 bridgehead atoms. The number of nitriles is 1. The highest BCUT2D eigenvalue weighted by atomic mass is 16.1. The maximum atomic E-state index is 12.3. The van der Waals surface area contributed by atoms with Crippen molar-refractivity contribution in [2.24, 2.45) is 5.73 Å². The number of piperazine rings is 1. The number of hydrogen-bond donors (Lipinski definition) is 2. The lowest BCUT2D eigenvalue weighted by atomic mass is 10.2. The second kappa shape index (κ2) is 8.32. The van der Waals surface area contributed by atoms with Gasteiger partial charge in [0.15, 0.2) is 0 Å². The standard InChI is InChI=1S/C17H23N5O/c1-14-4-2-3-5-16(14)20-17(23)15(12-19)13-22-10-8-21(7-6-18)9-11-22/h2-5,13H,6-11,18H2,1H3,(H,20,23)/b15-13-. The van der Waals surface area contributed by atoms with Gasteiger partial charge in [0.2, 0.25) is 0 Å². The summed E-state index contributed by atoms with van der Waals surface area (Å²) in [4.78, 5) is 16.6. The summed E-state index contributed by atoms with van der Waals surface area (Å²) in [7, 11) is 0. The van der Waals surface area contributed by atoms with Gasteiger partial charge in [0.25, 0.3) is 5.91 Å². The summed E-state index contributed by atoms with van der Waals surface area (Å²) < 4.78 is 0. The molecule has 2 rings (SSSR count). The maximum Gasteiger partial charge on any atom is 0.267 e. The molecule has 1 aromatic carbocycles. The maximum absolute atomic E-state index is 12.3. The topological polar surface area (TPSA) is 85.4 Å². The number of nitrogens with zero attached hydrogens (tertiary/aromatic N) is 3. The molecule has 1 saturated heterocycles. The summed E-state index contributed by atoms with van der Waals surface area (Å²) in [5, 5.41) is 12.1. The Balaban J connectivity index is 1.98. The predicted octanol–water partition coefficient (Wildman–Crippen LogP) is 0.917. The first-order valence-corrected chi connectivity index (χ1v) is 7.79. The van der Waals surface area contributed by atoms with Crippen molar-refractivity contribution in [2.45, 2.75) is 6.92 Å². The van der Waals surface area contributed by atoms with E-state index in [0.29, 0.717) is 6.54 Å². The Labute approximate surface area is 137 Å². The van der Waals surface area contributed by atoms with Crippen LogP contribution in [0, 0.1) is 18.3 Å². The third kappa shape index (κ3) is 4.81. The normalized spacial score (nSPS) is 16.0. The van der Waals surface area contributed by atoms with Gasteiger partial charge < -0.3 is 16.0 Å². The Morgan fingerprint density at radius 1 is 1.35 bits per heavy atom. The van der Waals surface area contributed by atoms with Gasteiger partial charge >= 0.3 is 0 Å². The lowest BCUT2D eigenvalue weighted by molar-refractivity contribution is -0.112. The molecule has 1 amide bonds. The van der Waals surface area contributed by atoms with E-state index in [-0.39, 0.29) is 11.5 Å². The lowest BCUT2D eigenvalue weighted by Gasteiger charge is -2.33. The molecule has 0 saturated carbocycles. The van der Waals surface area contributed by atoms with Gasteiger partial charge in [-0.3, -0.25) is 9.69 Å². The monoisotopic (exact) mass is 313 g/mol. The minimum absolute atomic E-state index is 0.125. The Morgan fingerprint density at radius 2 is 2.04 bits per heavy atom. The highest BCUT2D eigenvalue weighted by Gasteiger charge is 2.17. The fraction of sp³-hybridized carbons (Fsp3) is 0.412. The highest BCUT2D eigenvalue weighted by Crippen LogP contribution is 2.14. The average molecular weight is 313 g/mol. The SMILES string of the molecule is Cc1ccccc1NC(=O)/C(C#N)=C\N1CCN(CCN)CC1. The van der Waals surface area contributed by atoms with Gasteiger partial charge in [0, 0.05) is 51.2 Å². The molecule has 6 heteroatoms. The van der Waals surface area contributed by atoms with E-state index in [1.165, 1.54) is 0 Å². The summed E-state index contributed by atoms with van der Waals surface area (Å²) in [6, 6.07) is 9.51. The molecule has 0 spiro atoms. The second-order valence-corrected chi connectivity index (χ2v) is 5.59. The van der Waals surface area contributed by atoms with Gasteiger partial charge in [-0.05, 0) is 18.6 Å². The average Bonchev–Trinajstić information content (AvgIpc) is 2.56. The van der Waals surface area contributed by atoms with E-state index in [1.54, 1.807) is 6.20 Å². The van der Waals surface area contributed by atoms with Crippen LogP contribution >= 0.6 is 0 Å². The van der Waals surface area contributed by atoms with Crippen molar-refractivity contribution in [1.82, 2.24) is 9.80 Å². The van der Waals surface area contributed by atoms with E-state index in [9.17, 15) is 10.1 Å². The minimum Gasteiger partial charge on any atom is -0.374 e. The van der Waals surface area contributed by atoms with Crippen molar-refractivity contribution in [2.75, 3.05) is 44.6 Å². The van der Waals surface area contributed by atoms with E-state index in [0.717, 1.165) is 44.0 Å². The van der Waals surface area contributed by atoms with Crippen molar-refractivity contribution in [3.05, 3.63) is 41.6 Å². The number of benzene rings is 1. The first kappa shape index (κ1) is 17.0. The molecule has 0 radical (unpaired) electrons. The molecule has 6 nitrogen and oxygen atoms in total. The molecule has 0 unspecified atom stereocenters. The van der Waals surface area contributed by atoms with Crippen LogP contribution in [0.4, 0.5) is 5.69 Å². The Kier molecular flexibility index (Phi) is 6.15. The molecule has 0 aromatic heterocycles. The fourth-order valence-electron chi connectivity index (χ4n) is 2.52. The third-order valence-electron chi connectivity index (χ3n) is 3.92. The number of amides is 1. The highest BCUT2D eigenvalue weighted by molar-refractivity contribution is 6.06. The number of nitrogens with two attached hydrogens (primary N) is 1. The summed E-state index contributed by atoms with van der Waals surface area (Å²) in [5.41, 5.74) is 7.38. The van der Waals surface area contributed by atoms with Gasteiger partial charge in [0.05, 0.1) is 0 Å². The zero-order valence-electron chi connectivity index (χ0n) is 13.5. The van der Waals surface area contributed by atoms with Crippen LogP contribution in [0.1, 0.15) is 5.56 Å². The molecule has 1 aromatic rings. The number of aryl methyl sites for hydroxylation is 1. The van der Waals surface area contributed by atoms with Crippen LogP contribution < -0.4 is 11.1 Å². The molecule has 0 atom stereocenters. The largest absolute Gasteiger partial charge is 0.374 e. The van der Waals surface area contributed by atoms with Gasteiger partial charge in [0.1, 0.15) is 11.6 Å². The first-order valence-electron chi connectivity index (χ1n) is 7.79. The molecule has 1 aliphatic rings. The molecule has 1 aliphatic heterocycles. The Morgan fingerprint density at radius 3 is 2.65 bits per heavy atom. The quantitative estimate of drug-likeness (QED) is 0.623. The summed E-state index contributed by atoms with van der Waals surface area (Å²) in [6.07, 6.45) is 1.66.